The number of nitrogens with two attached hydrogens (primary N) is 1. The van der Waals surface area contributed by atoms with Crippen molar-refractivity contribution < 1.29 is 25.9 Å². The van der Waals surface area contributed by atoms with E-state index in [9.17, 15) is 0 Å². The Balaban J connectivity index is 0. The van der Waals surface area contributed by atoms with Gasteiger partial charge in [0.2, 0.25) is 0 Å². The molecule has 4 heteroatoms. The maximum absolute atomic E-state index is 9.09. The molecule has 0 aliphatic carbocycles. The van der Waals surface area contributed by atoms with E-state index < -0.39 is 5.24 Å². The standard InChI is InChI=1S/CH3NOS.Mo/c2-1(3)4;/h(H3,2,3,4);. The molecule has 0 aromatic rings. The van der Waals surface area contributed by atoms with Crippen LogP contribution in [-0.2, 0) is 21.1 Å². The number of hydrogen-bond acceptors (Lipinski definition) is 1. The zero-order valence-corrected chi connectivity index (χ0v) is 5.24. The van der Waals surface area contributed by atoms with E-state index in [0.717, 1.165) is 0 Å². The normalized spacial score (nSPS) is 5.00. The smallest absolute Gasteiger partial charge is 0.273 e. The summed E-state index contributed by atoms with van der Waals surface area (Å²) in [6.07, 6.45) is 0. The van der Waals surface area contributed by atoms with Crippen LogP contribution in [0.15, 0.2) is 0 Å². The molecule has 0 aliphatic rings. The zero-order valence-electron chi connectivity index (χ0n) is 2.34. The number of primary amides is 1. The van der Waals surface area contributed by atoms with E-state index in [1.165, 1.54) is 0 Å². The van der Waals surface area contributed by atoms with Gasteiger partial charge >= 0.3 is 0 Å². The van der Waals surface area contributed by atoms with Gasteiger partial charge in [-0.1, -0.05) is 12.6 Å². The van der Waals surface area contributed by atoms with Crippen molar-refractivity contribution in [2.45, 2.75) is 0 Å². The van der Waals surface area contributed by atoms with Crippen LogP contribution in [0.5, 0.6) is 0 Å². The predicted molar refractivity (Wildman–Crippen MR) is 18.6 cm³/mol. The molecule has 1 amide bonds. The van der Waals surface area contributed by atoms with Crippen LogP contribution in [0.1, 0.15) is 0 Å². The van der Waals surface area contributed by atoms with Crippen LogP contribution in [0.2, 0.25) is 0 Å². The van der Waals surface area contributed by atoms with Gasteiger partial charge in [-0.3, -0.25) is 4.79 Å². The van der Waals surface area contributed by atoms with E-state index in [2.05, 4.69) is 18.4 Å². The molecule has 0 aliphatic heterocycles. The van der Waals surface area contributed by atoms with Crippen LogP contribution in [0.3, 0.4) is 0 Å². The first-order chi connectivity index (χ1) is 1.73. The summed E-state index contributed by atoms with van der Waals surface area (Å²) in [5, 5.41) is -0.639. The number of hydrogen-bond donors (Lipinski definition) is 2. The Morgan fingerprint density at radius 1 is 1.80 bits per heavy atom. The van der Waals surface area contributed by atoms with E-state index in [-0.39, 0.29) is 21.1 Å². The van der Waals surface area contributed by atoms with Crippen molar-refractivity contribution in [1.29, 1.82) is 0 Å². The van der Waals surface area contributed by atoms with Crippen molar-refractivity contribution in [2.75, 3.05) is 0 Å². The molecule has 2 N–H and O–H groups in total. The molecule has 0 atom stereocenters. The monoisotopic (exact) mass is 175 g/mol. The van der Waals surface area contributed by atoms with Gasteiger partial charge in [-0.25, -0.2) is 0 Å². The van der Waals surface area contributed by atoms with Crippen LogP contribution in [-0.4, -0.2) is 5.24 Å². The summed E-state index contributed by atoms with van der Waals surface area (Å²) in [5.41, 5.74) is 4.34. The largest absolute Gasteiger partial charge is 0.361 e. The third-order valence-corrected chi connectivity index (χ3v) is 0. The third kappa shape index (κ3) is 110. The van der Waals surface area contributed by atoms with E-state index >= 15 is 0 Å². The van der Waals surface area contributed by atoms with Gasteiger partial charge < -0.3 is 5.73 Å². The molecule has 0 aromatic carbocycles. The molecule has 0 radical (unpaired) electrons. The minimum atomic E-state index is -0.639. The first-order valence-electron chi connectivity index (χ1n) is 0.716. The van der Waals surface area contributed by atoms with Crippen molar-refractivity contribution in [2.24, 2.45) is 5.73 Å². The molecule has 0 spiro atoms. The fourth-order valence-corrected chi connectivity index (χ4v) is 0. The van der Waals surface area contributed by atoms with Crippen LogP contribution in [0, 0.1) is 0 Å². The first-order valence-corrected chi connectivity index (χ1v) is 1.16. The summed E-state index contributed by atoms with van der Waals surface area (Å²) in [4.78, 5) is 9.09. The van der Waals surface area contributed by atoms with Crippen LogP contribution < -0.4 is 5.73 Å². The molecule has 2 nitrogen and oxygen atoms in total. The SMILES string of the molecule is NC(=O)S.[Mo]. The fraction of sp³-hybridized carbons (Fsp3) is 0. The van der Waals surface area contributed by atoms with Gasteiger partial charge in [-0.05, 0) is 0 Å². The average Bonchev–Trinajstić information content (AvgIpc) is 0.811. The second kappa shape index (κ2) is 4.51. The van der Waals surface area contributed by atoms with E-state index in [0.29, 0.717) is 0 Å². The van der Waals surface area contributed by atoms with E-state index in [4.69, 9.17) is 4.79 Å². The second-order valence-electron chi connectivity index (χ2n) is 0.338. The summed E-state index contributed by atoms with van der Waals surface area (Å²) < 4.78 is 0. The number of thiol groups is 1. The van der Waals surface area contributed by atoms with Crippen LogP contribution in [0.25, 0.3) is 0 Å². The van der Waals surface area contributed by atoms with E-state index in [1.54, 1.807) is 0 Å². The summed E-state index contributed by atoms with van der Waals surface area (Å²) in [6.45, 7) is 0. The van der Waals surface area contributed by atoms with Crippen molar-refractivity contribution in [3.63, 3.8) is 0 Å². The molecule has 0 saturated carbocycles. The number of rotatable bonds is 0. The van der Waals surface area contributed by atoms with Gasteiger partial charge in [0.25, 0.3) is 5.24 Å². The summed E-state index contributed by atoms with van der Waals surface area (Å²) in [6, 6.07) is 0. The average molecular weight is 173 g/mol. The van der Waals surface area contributed by atoms with Gasteiger partial charge in [0.05, 0.1) is 0 Å². The van der Waals surface area contributed by atoms with Gasteiger partial charge in [-0.15, -0.1) is 0 Å². The molecule has 0 fully saturated rings. The summed E-state index contributed by atoms with van der Waals surface area (Å²) in [5.74, 6) is 0. The molecular formula is CH3MoNOS. The van der Waals surface area contributed by atoms with Crippen molar-refractivity contribution in [1.82, 2.24) is 0 Å². The maximum atomic E-state index is 9.09. The molecule has 0 heterocycles. The molecule has 0 saturated heterocycles. The number of carbonyl (C=O) groups excluding carboxylic acids is 1. The Hall–Kier alpha value is 0.508. The fourth-order valence-electron chi connectivity index (χ4n) is 0. The quantitative estimate of drug-likeness (QED) is 0.392. The molecular weight excluding hydrogens is 170 g/mol. The Morgan fingerprint density at radius 2 is 1.80 bits per heavy atom. The van der Waals surface area contributed by atoms with Gasteiger partial charge in [-0.2, -0.15) is 0 Å². The first kappa shape index (κ1) is 9.10. The topological polar surface area (TPSA) is 43.1 Å². The Morgan fingerprint density at radius 3 is 1.80 bits per heavy atom. The number of carbonyl (C=O) groups is 1. The predicted octanol–water partition coefficient (Wildman–Crippen LogP) is -0.00760. The minimum Gasteiger partial charge on any atom is -0.361 e. The molecule has 0 bridgehead atoms. The molecule has 0 rings (SSSR count). The zero-order chi connectivity index (χ0) is 3.58. The Bertz CT molecular complexity index is 34.6. The Labute approximate surface area is 49.8 Å². The van der Waals surface area contributed by atoms with Crippen molar-refractivity contribution in [3.05, 3.63) is 0 Å². The second-order valence-corrected chi connectivity index (χ2v) is 0.779. The molecule has 5 heavy (non-hydrogen) atoms. The van der Waals surface area contributed by atoms with Crippen molar-refractivity contribution >= 4 is 17.9 Å². The third-order valence-electron chi connectivity index (χ3n) is 0. The van der Waals surface area contributed by atoms with Gasteiger partial charge in [0, 0.05) is 21.1 Å². The minimum absolute atomic E-state index is 0. The van der Waals surface area contributed by atoms with Gasteiger partial charge in [0.1, 0.15) is 0 Å². The van der Waals surface area contributed by atoms with E-state index in [1.807, 2.05) is 0 Å². The molecule has 0 aromatic heterocycles. The van der Waals surface area contributed by atoms with Gasteiger partial charge in [0.15, 0.2) is 0 Å². The summed E-state index contributed by atoms with van der Waals surface area (Å²) >= 11 is 3.10. The maximum Gasteiger partial charge on any atom is 0.273 e. The molecule has 30 valence electrons. The van der Waals surface area contributed by atoms with Crippen LogP contribution in [0.4, 0.5) is 4.79 Å². The summed E-state index contributed by atoms with van der Waals surface area (Å²) in [7, 11) is 0. The van der Waals surface area contributed by atoms with Crippen molar-refractivity contribution in [3.8, 4) is 0 Å². The van der Waals surface area contributed by atoms with Crippen LogP contribution >= 0.6 is 12.6 Å². The number of amides is 1. The molecule has 0 unspecified atom stereocenters. The Kier molecular flexibility index (Phi) is 8.20.